The van der Waals surface area contributed by atoms with Gasteiger partial charge in [-0.3, -0.25) is 4.57 Å². The summed E-state index contributed by atoms with van der Waals surface area (Å²) in [4.78, 5) is 19.7. The third kappa shape index (κ3) is 5.66. The molecule has 2 N–H and O–H groups in total. The molecule has 1 fully saturated rings. The minimum absolute atomic E-state index is 0.262. The predicted octanol–water partition coefficient (Wildman–Crippen LogP) is 5.91. The van der Waals surface area contributed by atoms with Gasteiger partial charge in [0.15, 0.2) is 0 Å². The number of hydrogen-bond acceptors (Lipinski definition) is 5. The van der Waals surface area contributed by atoms with Crippen molar-refractivity contribution in [1.29, 1.82) is 0 Å². The Bertz CT molecular complexity index is 1320. The molecule has 0 bridgehead atoms. The Labute approximate surface area is 221 Å². The van der Waals surface area contributed by atoms with Crippen molar-refractivity contribution in [3.63, 3.8) is 0 Å². The van der Waals surface area contributed by atoms with Crippen LogP contribution in [0, 0.1) is 0 Å². The summed E-state index contributed by atoms with van der Waals surface area (Å²) >= 11 is 6.78. The van der Waals surface area contributed by atoms with Gasteiger partial charge in [-0.1, -0.05) is 29.8 Å². The van der Waals surface area contributed by atoms with Gasteiger partial charge >= 0.3 is 5.69 Å². The summed E-state index contributed by atoms with van der Waals surface area (Å²) in [6.45, 7) is 9.30. The quantitative estimate of drug-likeness (QED) is 0.377. The lowest BCUT2D eigenvalue weighted by Crippen LogP contribution is -2.37. The second kappa shape index (κ2) is 11.1. The molecule has 0 aliphatic carbocycles. The summed E-state index contributed by atoms with van der Waals surface area (Å²) in [7, 11) is 0. The molecular weight excluding hydrogens is 498 g/mol. The second-order valence-corrected chi connectivity index (χ2v) is 10.5. The van der Waals surface area contributed by atoms with Crippen LogP contribution in [0.4, 0.5) is 14.6 Å². The highest BCUT2D eigenvalue weighted by atomic mass is 35.5. The summed E-state index contributed by atoms with van der Waals surface area (Å²) in [6, 6.07) is 9.90. The number of aryl methyl sites for hydroxylation is 1. The van der Waals surface area contributed by atoms with Gasteiger partial charge < -0.3 is 15.3 Å². The normalized spacial score (nSPS) is 16.5. The number of rotatable bonds is 8. The summed E-state index contributed by atoms with van der Waals surface area (Å²) in [5, 5.41) is 13.8. The van der Waals surface area contributed by atoms with E-state index in [0.717, 1.165) is 36.9 Å². The molecule has 6 nitrogen and oxygen atoms in total. The first-order valence-corrected chi connectivity index (χ1v) is 13.3. The highest BCUT2D eigenvalue weighted by molar-refractivity contribution is 6.32. The van der Waals surface area contributed by atoms with E-state index in [4.69, 9.17) is 16.7 Å². The van der Waals surface area contributed by atoms with Crippen LogP contribution < -0.4 is 11.0 Å². The van der Waals surface area contributed by atoms with Crippen molar-refractivity contribution in [2.24, 2.45) is 0 Å². The number of alkyl halides is 2. The van der Waals surface area contributed by atoms with Gasteiger partial charge in [0.1, 0.15) is 12.4 Å². The van der Waals surface area contributed by atoms with E-state index in [1.54, 1.807) is 10.6 Å². The number of aliphatic hydroxyl groups is 1. The lowest BCUT2D eigenvalue weighted by molar-refractivity contribution is -0.0556. The monoisotopic (exact) mass is 532 g/mol. The molecule has 0 saturated carbocycles. The third-order valence-corrected chi connectivity index (χ3v) is 7.80. The highest BCUT2D eigenvalue weighted by Crippen LogP contribution is 2.38. The van der Waals surface area contributed by atoms with E-state index in [9.17, 15) is 13.6 Å². The van der Waals surface area contributed by atoms with Gasteiger partial charge in [0.25, 0.3) is 5.92 Å². The molecule has 0 spiro atoms. The number of likely N-dealkylation sites (tertiary alicyclic amines) is 1. The maximum absolute atomic E-state index is 14.1. The molecular formula is C28H35ClF2N4O2. The standard InChI is InChI=1S/C28H35ClF2N4O2/c1-5-35-25-15-24(29)22(19-9-11-34(12-10-19)17(2)3)14-23(25)26(33-27(35)37)32-18(4)20-7-6-8-21(13-20)28(30,31)16-36/h6-8,13-15,17-19,36H,5,9-12,16H2,1-4H3,(H,32,33,37)/t18-/m1/s1. The zero-order valence-corrected chi connectivity index (χ0v) is 22.5. The van der Waals surface area contributed by atoms with Crippen molar-refractivity contribution in [3.8, 4) is 0 Å². The topological polar surface area (TPSA) is 70.4 Å². The number of aromatic nitrogens is 2. The molecule has 1 aliphatic rings. The number of aliphatic hydroxyl groups excluding tert-OH is 1. The number of benzene rings is 2. The van der Waals surface area contributed by atoms with Crippen LogP contribution in [0.2, 0.25) is 5.02 Å². The van der Waals surface area contributed by atoms with Crippen molar-refractivity contribution in [1.82, 2.24) is 14.5 Å². The molecule has 2 heterocycles. The van der Waals surface area contributed by atoms with Crippen LogP contribution in [-0.4, -0.2) is 45.3 Å². The van der Waals surface area contributed by atoms with E-state index in [0.29, 0.717) is 40.4 Å². The fraction of sp³-hybridized carbons (Fsp3) is 0.500. The summed E-state index contributed by atoms with van der Waals surface area (Å²) < 4.78 is 29.8. The van der Waals surface area contributed by atoms with Gasteiger partial charge in [-0.05, 0) is 88.9 Å². The van der Waals surface area contributed by atoms with Crippen molar-refractivity contribution >= 4 is 28.3 Å². The molecule has 1 aromatic heterocycles. The minimum Gasteiger partial charge on any atom is -0.390 e. The van der Waals surface area contributed by atoms with Crippen LogP contribution in [0.3, 0.4) is 0 Å². The summed E-state index contributed by atoms with van der Waals surface area (Å²) in [6.07, 6.45) is 1.99. The zero-order valence-electron chi connectivity index (χ0n) is 21.8. The molecule has 200 valence electrons. The number of halogens is 3. The Kier molecular flexibility index (Phi) is 8.21. The van der Waals surface area contributed by atoms with Crippen molar-refractivity contribution in [2.45, 2.75) is 71.0 Å². The van der Waals surface area contributed by atoms with E-state index < -0.39 is 24.3 Å². The first kappa shape index (κ1) is 27.5. The van der Waals surface area contributed by atoms with Crippen LogP contribution in [0.25, 0.3) is 10.9 Å². The third-order valence-electron chi connectivity index (χ3n) is 7.48. The van der Waals surface area contributed by atoms with Gasteiger partial charge in [-0.15, -0.1) is 0 Å². The Morgan fingerprint density at radius 3 is 2.51 bits per heavy atom. The van der Waals surface area contributed by atoms with E-state index in [1.807, 2.05) is 26.0 Å². The van der Waals surface area contributed by atoms with Crippen LogP contribution >= 0.6 is 11.6 Å². The Hall–Kier alpha value is -2.55. The first-order chi connectivity index (χ1) is 17.6. The fourth-order valence-corrected chi connectivity index (χ4v) is 5.49. The van der Waals surface area contributed by atoms with Crippen LogP contribution in [0.1, 0.15) is 69.2 Å². The smallest absolute Gasteiger partial charge is 0.349 e. The number of hydrogen-bond donors (Lipinski definition) is 2. The van der Waals surface area contributed by atoms with Crippen LogP contribution in [-0.2, 0) is 12.5 Å². The molecule has 0 amide bonds. The van der Waals surface area contributed by atoms with E-state index >= 15 is 0 Å². The van der Waals surface area contributed by atoms with Crippen molar-refractivity contribution in [2.75, 3.05) is 25.0 Å². The summed E-state index contributed by atoms with van der Waals surface area (Å²) in [5.74, 6) is -2.63. The van der Waals surface area contributed by atoms with E-state index in [-0.39, 0.29) is 5.56 Å². The molecule has 1 aliphatic heterocycles. The van der Waals surface area contributed by atoms with E-state index in [1.165, 1.54) is 18.2 Å². The second-order valence-electron chi connectivity index (χ2n) is 10.1. The number of fused-ring (bicyclic) bond motifs is 1. The lowest BCUT2D eigenvalue weighted by atomic mass is 9.88. The molecule has 2 aromatic carbocycles. The molecule has 1 atom stereocenters. The largest absolute Gasteiger partial charge is 0.390 e. The first-order valence-electron chi connectivity index (χ1n) is 12.9. The Balaban J connectivity index is 1.73. The highest BCUT2D eigenvalue weighted by Gasteiger charge is 2.31. The number of nitrogens with one attached hydrogen (secondary N) is 1. The number of anilines is 1. The molecule has 37 heavy (non-hydrogen) atoms. The SMILES string of the molecule is CCn1c(=O)nc(N[C@H](C)c2cccc(C(F)(F)CO)c2)c2cc(C3CCN(C(C)C)CC3)c(Cl)cc21. The number of nitrogens with zero attached hydrogens (tertiary/aromatic N) is 3. The van der Waals surface area contributed by atoms with Gasteiger partial charge in [0.2, 0.25) is 0 Å². The number of piperidine rings is 1. The molecule has 1 saturated heterocycles. The van der Waals surface area contributed by atoms with Crippen LogP contribution in [0.15, 0.2) is 41.2 Å². The maximum Gasteiger partial charge on any atom is 0.349 e. The van der Waals surface area contributed by atoms with Gasteiger partial charge in [0, 0.05) is 34.6 Å². The zero-order chi connectivity index (χ0) is 26.9. The predicted molar refractivity (Wildman–Crippen MR) is 145 cm³/mol. The maximum atomic E-state index is 14.1. The molecule has 4 rings (SSSR count). The molecule has 0 unspecified atom stereocenters. The molecule has 9 heteroatoms. The average molecular weight is 533 g/mol. The Morgan fingerprint density at radius 2 is 1.89 bits per heavy atom. The Morgan fingerprint density at radius 1 is 1.19 bits per heavy atom. The van der Waals surface area contributed by atoms with Gasteiger partial charge in [-0.2, -0.15) is 13.8 Å². The minimum atomic E-state index is -3.33. The average Bonchev–Trinajstić information content (AvgIpc) is 2.88. The van der Waals surface area contributed by atoms with Crippen molar-refractivity contribution < 1.29 is 13.9 Å². The van der Waals surface area contributed by atoms with Gasteiger partial charge in [-0.25, -0.2) is 4.79 Å². The van der Waals surface area contributed by atoms with Crippen molar-refractivity contribution in [3.05, 3.63) is 68.6 Å². The molecule has 0 radical (unpaired) electrons. The van der Waals surface area contributed by atoms with Gasteiger partial charge in [0.05, 0.1) is 5.52 Å². The fourth-order valence-electron chi connectivity index (χ4n) is 5.18. The molecule has 3 aromatic rings. The van der Waals surface area contributed by atoms with Crippen LogP contribution in [0.5, 0.6) is 0 Å². The summed E-state index contributed by atoms with van der Waals surface area (Å²) in [5.41, 5.74) is 1.66. The van der Waals surface area contributed by atoms with E-state index in [2.05, 4.69) is 29.0 Å². The lowest BCUT2D eigenvalue weighted by Gasteiger charge is -2.35.